The summed E-state index contributed by atoms with van der Waals surface area (Å²) in [5.74, 6) is 1.03. The van der Waals surface area contributed by atoms with E-state index in [1.165, 1.54) is 12.5 Å². The van der Waals surface area contributed by atoms with Crippen LogP contribution in [-0.4, -0.2) is 45.9 Å². The van der Waals surface area contributed by atoms with Crippen LogP contribution in [0.4, 0.5) is 0 Å². The molecule has 29 heavy (non-hydrogen) atoms. The largest absolute Gasteiger partial charge is 0.472 e. The quantitative estimate of drug-likeness (QED) is 0.652. The number of aryl methyl sites for hydroxylation is 2. The number of aromatic nitrogens is 2. The zero-order valence-corrected chi connectivity index (χ0v) is 16.6. The number of para-hydroxylation sites is 2. The third-order valence-corrected chi connectivity index (χ3v) is 5.62. The molecule has 1 aliphatic rings. The summed E-state index contributed by atoms with van der Waals surface area (Å²) >= 11 is 0. The van der Waals surface area contributed by atoms with Crippen LogP contribution < -0.4 is 5.32 Å². The van der Waals surface area contributed by atoms with Crippen LogP contribution in [0.25, 0.3) is 11.0 Å². The lowest BCUT2D eigenvalue weighted by Crippen LogP contribution is -2.43. The van der Waals surface area contributed by atoms with Gasteiger partial charge in [-0.3, -0.25) is 9.59 Å². The van der Waals surface area contributed by atoms with E-state index < -0.39 is 0 Å². The number of carbonyl (C=O) groups excluding carboxylic acids is 2. The second kappa shape index (κ2) is 8.51. The molecule has 0 atom stereocenters. The first-order valence-electron chi connectivity index (χ1n) is 10.1. The van der Waals surface area contributed by atoms with Crippen LogP contribution >= 0.6 is 0 Å². The molecule has 2 amide bonds. The Balaban J connectivity index is 1.21. The smallest absolute Gasteiger partial charge is 0.257 e. The molecule has 0 saturated carbocycles. The van der Waals surface area contributed by atoms with Gasteiger partial charge < -0.3 is 19.2 Å². The second-order valence-corrected chi connectivity index (χ2v) is 7.52. The van der Waals surface area contributed by atoms with E-state index in [1.807, 2.05) is 25.1 Å². The van der Waals surface area contributed by atoms with Gasteiger partial charge in [-0.1, -0.05) is 12.1 Å². The van der Waals surface area contributed by atoms with Crippen molar-refractivity contribution in [2.75, 3.05) is 19.6 Å². The minimum atomic E-state index is -0.0285. The predicted molar refractivity (Wildman–Crippen MR) is 109 cm³/mol. The normalized spacial score (nSPS) is 15.0. The molecule has 7 heteroatoms. The van der Waals surface area contributed by atoms with Crippen LogP contribution in [0, 0.1) is 12.8 Å². The van der Waals surface area contributed by atoms with Crippen LogP contribution in [-0.2, 0) is 11.3 Å². The highest BCUT2D eigenvalue weighted by atomic mass is 16.3. The van der Waals surface area contributed by atoms with E-state index in [2.05, 4.69) is 20.9 Å². The summed E-state index contributed by atoms with van der Waals surface area (Å²) < 4.78 is 7.18. The molecule has 4 rings (SSSR count). The van der Waals surface area contributed by atoms with Gasteiger partial charge in [0.05, 0.1) is 22.9 Å². The van der Waals surface area contributed by atoms with Crippen molar-refractivity contribution in [3.05, 3.63) is 54.2 Å². The molecule has 1 aliphatic heterocycles. The number of carbonyl (C=O) groups is 2. The number of nitrogens with one attached hydrogen (secondary N) is 1. The van der Waals surface area contributed by atoms with Gasteiger partial charge in [0.1, 0.15) is 12.1 Å². The van der Waals surface area contributed by atoms with Crippen molar-refractivity contribution in [1.82, 2.24) is 19.8 Å². The Bertz CT molecular complexity index is 985. The topological polar surface area (TPSA) is 80.4 Å². The van der Waals surface area contributed by atoms with E-state index >= 15 is 0 Å². The van der Waals surface area contributed by atoms with Crippen molar-refractivity contribution in [3.63, 3.8) is 0 Å². The molecule has 152 valence electrons. The first-order valence-corrected chi connectivity index (χ1v) is 10.1. The summed E-state index contributed by atoms with van der Waals surface area (Å²) in [6, 6.07) is 9.78. The van der Waals surface area contributed by atoms with Crippen LogP contribution in [0.3, 0.4) is 0 Å². The van der Waals surface area contributed by atoms with E-state index in [9.17, 15) is 9.59 Å². The molecule has 0 radical (unpaired) electrons. The lowest BCUT2D eigenvalue weighted by atomic mass is 9.95. The Labute approximate surface area is 169 Å². The van der Waals surface area contributed by atoms with Crippen molar-refractivity contribution >= 4 is 22.8 Å². The zero-order valence-electron chi connectivity index (χ0n) is 16.6. The third kappa shape index (κ3) is 4.18. The molecule has 0 bridgehead atoms. The standard InChI is InChI=1S/C22H26N4O3/c1-16-24-19-5-2-3-6-20(19)26(16)11-4-10-23-21(27)17-7-12-25(13-8-17)22(28)18-9-14-29-15-18/h2-3,5-6,9,14-15,17H,4,7-8,10-13H2,1H3,(H,23,27). The number of rotatable bonds is 6. The number of furan rings is 1. The summed E-state index contributed by atoms with van der Waals surface area (Å²) in [5.41, 5.74) is 2.70. The van der Waals surface area contributed by atoms with E-state index in [0.29, 0.717) is 38.0 Å². The molecule has 1 N–H and O–H groups in total. The highest BCUT2D eigenvalue weighted by Gasteiger charge is 2.27. The number of piperidine rings is 1. The minimum Gasteiger partial charge on any atom is -0.472 e. The summed E-state index contributed by atoms with van der Waals surface area (Å²) in [6.07, 6.45) is 5.21. The molecule has 7 nitrogen and oxygen atoms in total. The van der Waals surface area contributed by atoms with E-state index in [1.54, 1.807) is 11.0 Å². The molecule has 1 fully saturated rings. The predicted octanol–water partition coefficient (Wildman–Crippen LogP) is 3.00. The Morgan fingerprint density at radius 1 is 1.21 bits per heavy atom. The maximum absolute atomic E-state index is 12.5. The van der Waals surface area contributed by atoms with Crippen LogP contribution in [0.1, 0.15) is 35.4 Å². The number of imidazole rings is 1. The number of likely N-dealkylation sites (tertiary alicyclic amines) is 1. The summed E-state index contributed by atoms with van der Waals surface area (Å²) in [4.78, 5) is 31.2. The Morgan fingerprint density at radius 3 is 2.76 bits per heavy atom. The first-order chi connectivity index (χ1) is 14.1. The number of benzene rings is 1. The minimum absolute atomic E-state index is 0.0273. The van der Waals surface area contributed by atoms with Crippen molar-refractivity contribution in [2.45, 2.75) is 32.7 Å². The van der Waals surface area contributed by atoms with Gasteiger partial charge in [-0.15, -0.1) is 0 Å². The van der Waals surface area contributed by atoms with Crippen molar-refractivity contribution in [2.24, 2.45) is 5.92 Å². The third-order valence-electron chi connectivity index (χ3n) is 5.62. The highest BCUT2D eigenvalue weighted by Crippen LogP contribution is 2.20. The maximum atomic E-state index is 12.5. The number of nitrogens with zero attached hydrogens (tertiary/aromatic N) is 3. The molecule has 0 spiro atoms. The molecular formula is C22H26N4O3. The fourth-order valence-corrected chi connectivity index (χ4v) is 3.98. The second-order valence-electron chi connectivity index (χ2n) is 7.52. The van der Waals surface area contributed by atoms with E-state index in [4.69, 9.17) is 4.42 Å². The van der Waals surface area contributed by atoms with Crippen LogP contribution in [0.2, 0.25) is 0 Å². The Hall–Kier alpha value is -3.09. The number of hydrogen-bond acceptors (Lipinski definition) is 4. The van der Waals surface area contributed by atoms with Gasteiger partial charge in [-0.2, -0.15) is 0 Å². The molecule has 0 aliphatic carbocycles. The molecule has 0 unspecified atom stereocenters. The van der Waals surface area contributed by atoms with Crippen LogP contribution in [0.15, 0.2) is 47.3 Å². The summed E-state index contributed by atoms with van der Waals surface area (Å²) in [6.45, 7) is 4.67. The van der Waals surface area contributed by atoms with Gasteiger partial charge in [-0.25, -0.2) is 4.98 Å². The Morgan fingerprint density at radius 2 is 2.00 bits per heavy atom. The SMILES string of the molecule is Cc1nc2ccccc2n1CCCNC(=O)C1CCN(C(=O)c2ccoc2)CC1. The monoisotopic (exact) mass is 394 g/mol. The highest BCUT2D eigenvalue weighted by molar-refractivity contribution is 5.94. The number of amides is 2. The zero-order chi connectivity index (χ0) is 20.2. The molecule has 3 heterocycles. The average Bonchev–Trinajstić information content (AvgIpc) is 3.38. The molecular weight excluding hydrogens is 368 g/mol. The Kier molecular flexibility index (Phi) is 5.64. The van der Waals surface area contributed by atoms with Gasteiger partial charge in [0.2, 0.25) is 5.91 Å². The van der Waals surface area contributed by atoms with Gasteiger partial charge in [-0.05, 0) is 44.4 Å². The average molecular weight is 394 g/mol. The van der Waals surface area contributed by atoms with Crippen molar-refractivity contribution in [1.29, 1.82) is 0 Å². The summed E-state index contributed by atoms with van der Waals surface area (Å²) in [7, 11) is 0. The van der Waals surface area contributed by atoms with Gasteiger partial charge in [0.25, 0.3) is 5.91 Å². The fraction of sp³-hybridized carbons (Fsp3) is 0.409. The number of fused-ring (bicyclic) bond motifs is 1. The number of hydrogen-bond donors (Lipinski definition) is 1. The van der Waals surface area contributed by atoms with E-state index in [0.717, 1.165) is 29.8 Å². The van der Waals surface area contributed by atoms with Gasteiger partial charge in [0.15, 0.2) is 0 Å². The van der Waals surface area contributed by atoms with Crippen molar-refractivity contribution in [3.8, 4) is 0 Å². The fourth-order valence-electron chi connectivity index (χ4n) is 3.98. The first kappa shape index (κ1) is 19.2. The lowest BCUT2D eigenvalue weighted by molar-refractivity contribution is -0.126. The van der Waals surface area contributed by atoms with Gasteiger partial charge >= 0.3 is 0 Å². The molecule has 1 saturated heterocycles. The lowest BCUT2D eigenvalue weighted by Gasteiger charge is -2.31. The maximum Gasteiger partial charge on any atom is 0.257 e. The van der Waals surface area contributed by atoms with Crippen LogP contribution in [0.5, 0.6) is 0 Å². The molecule has 2 aromatic heterocycles. The molecule has 1 aromatic carbocycles. The summed E-state index contributed by atoms with van der Waals surface area (Å²) in [5, 5.41) is 3.06. The van der Waals surface area contributed by atoms with Crippen molar-refractivity contribution < 1.29 is 14.0 Å². The van der Waals surface area contributed by atoms with Gasteiger partial charge in [0, 0.05) is 32.1 Å². The van der Waals surface area contributed by atoms with E-state index in [-0.39, 0.29) is 17.7 Å². The molecule has 3 aromatic rings.